The number of carbonyl (C=O) groups excluding carboxylic acids is 1. The normalized spacial score (nSPS) is 15.2. The lowest BCUT2D eigenvalue weighted by molar-refractivity contribution is 0.0601. The Morgan fingerprint density at radius 2 is 2.15 bits per heavy atom. The van der Waals surface area contributed by atoms with Crippen molar-refractivity contribution in [2.75, 3.05) is 44.3 Å². The molecule has 20 heavy (non-hydrogen) atoms. The van der Waals surface area contributed by atoms with E-state index < -0.39 is 0 Å². The van der Waals surface area contributed by atoms with Crippen LogP contribution in [0.3, 0.4) is 0 Å². The molecule has 1 aromatic rings. The van der Waals surface area contributed by atoms with Crippen LogP contribution in [0.5, 0.6) is 0 Å². The van der Waals surface area contributed by atoms with Gasteiger partial charge in [-0.1, -0.05) is 0 Å². The lowest BCUT2D eigenvalue weighted by Gasteiger charge is -2.15. The molecule has 1 saturated heterocycles. The van der Waals surface area contributed by atoms with E-state index in [0.717, 1.165) is 25.2 Å². The number of benzene rings is 1. The van der Waals surface area contributed by atoms with Crippen LogP contribution in [0, 0.1) is 0 Å². The summed E-state index contributed by atoms with van der Waals surface area (Å²) in [7, 11) is 1.36. The van der Waals surface area contributed by atoms with Gasteiger partial charge >= 0.3 is 5.97 Å². The molecule has 0 saturated carbocycles. The summed E-state index contributed by atoms with van der Waals surface area (Å²) < 4.78 is 4.67. The molecule has 1 heterocycles. The molecular weight excluding hydrogens is 254 g/mol. The van der Waals surface area contributed by atoms with Crippen LogP contribution in [0.2, 0.25) is 0 Å². The summed E-state index contributed by atoms with van der Waals surface area (Å²) in [6, 6.07) is 5.21. The zero-order chi connectivity index (χ0) is 14.4. The minimum Gasteiger partial charge on any atom is -0.465 e. The van der Waals surface area contributed by atoms with Crippen molar-refractivity contribution in [2.45, 2.75) is 19.3 Å². The Kier molecular flexibility index (Phi) is 5.24. The second-order valence-electron chi connectivity index (χ2n) is 5.12. The minimum absolute atomic E-state index is 0.364. The van der Waals surface area contributed by atoms with Crippen LogP contribution in [0.1, 0.15) is 29.6 Å². The second kappa shape index (κ2) is 7.14. The fraction of sp³-hybridized carbons (Fsp3) is 0.533. The van der Waals surface area contributed by atoms with Crippen LogP contribution >= 0.6 is 0 Å². The average Bonchev–Trinajstić information content (AvgIpc) is 2.97. The molecule has 0 spiro atoms. The van der Waals surface area contributed by atoms with E-state index in [2.05, 4.69) is 15.0 Å². The van der Waals surface area contributed by atoms with Crippen molar-refractivity contribution >= 4 is 17.3 Å². The van der Waals surface area contributed by atoms with Crippen LogP contribution in [0.4, 0.5) is 11.4 Å². The third-order valence-corrected chi connectivity index (χ3v) is 3.64. The van der Waals surface area contributed by atoms with Crippen LogP contribution < -0.4 is 11.1 Å². The molecule has 0 unspecified atom stereocenters. The highest BCUT2D eigenvalue weighted by Crippen LogP contribution is 2.20. The number of likely N-dealkylation sites (tertiary alicyclic amines) is 1. The average molecular weight is 277 g/mol. The summed E-state index contributed by atoms with van der Waals surface area (Å²) in [5.41, 5.74) is 7.87. The Morgan fingerprint density at radius 1 is 1.40 bits per heavy atom. The second-order valence-corrected chi connectivity index (χ2v) is 5.12. The Labute approximate surface area is 120 Å². The van der Waals surface area contributed by atoms with Crippen LogP contribution in [0.25, 0.3) is 0 Å². The van der Waals surface area contributed by atoms with Gasteiger partial charge in [-0.25, -0.2) is 4.79 Å². The standard InChI is InChI=1S/C15H23N3O2/c1-20-15(19)12-5-6-14(13(16)11-12)17-7-4-10-18-8-2-3-9-18/h5-6,11,17H,2-4,7-10,16H2,1H3. The van der Waals surface area contributed by atoms with Crippen LogP contribution in [-0.4, -0.2) is 44.2 Å². The number of nitrogens with one attached hydrogen (secondary N) is 1. The summed E-state index contributed by atoms with van der Waals surface area (Å²) in [5.74, 6) is -0.364. The topological polar surface area (TPSA) is 67.6 Å². The smallest absolute Gasteiger partial charge is 0.337 e. The number of esters is 1. The van der Waals surface area contributed by atoms with E-state index >= 15 is 0 Å². The third kappa shape index (κ3) is 3.87. The van der Waals surface area contributed by atoms with E-state index in [0.29, 0.717) is 11.3 Å². The predicted molar refractivity (Wildman–Crippen MR) is 81.0 cm³/mol. The highest BCUT2D eigenvalue weighted by atomic mass is 16.5. The summed E-state index contributed by atoms with van der Waals surface area (Å²) in [6.45, 7) is 4.48. The van der Waals surface area contributed by atoms with Gasteiger partial charge in [-0.3, -0.25) is 0 Å². The lowest BCUT2D eigenvalue weighted by Crippen LogP contribution is -2.22. The first-order chi connectivity index (χ1) is 9.70. The molecule has 0 amide bonds. The monoisotopic (exact) mass is 277 g/mol. The lowest BCUT2D eigenvalue weighted by atomic mass is 10.1. The molecule has 1 aromatic carbocycles. The van der Waals surface area contributed by atoms with Gasteiger partial charge in [0.15, 0.2) is 0 Å². The van der Waals surface area contributed by atoms with Crippen molar-refractivity contribution in [1.29, 1.82) is 0 Å². The number of nitrogens with zero attached hydrogens (tertiary/aromatic N) is 1. The number of carbonyl (C=O) groups is 1. The minimum atomic E-state index is -0.364. The van der Waals surface area contributed by atoms with Crippen molar-refractivity contribution in [3.63, 3.8) is 0 Å². The maximum absolute atomic E-state index is 11.4. The van der Waals surface area contributed by atoms with Gasteiger partial charge in [-0.2, -0.15) is 0 Å². The van der Waals surface area contributed by atoms with E-state index in [1.54, 1.807) is 12.1 Å². The molecule has 0 atom stereocenters. The first kappa shape index (κ1) is 14.7. The maximum atomic E-state index is 11.4. The van der Waals surface area contributed by atoms with Gasteiger partial charge in [0, 0.05) is 6.54 Å². The van der Waals surface area contributed by atoms with Gasteiger partial charge in [-0.05, 0) is 57.1 Å². The van der Waals surface area contributed by atoms with Crippen molar-refractivity contribution < 1.29 is 9.53 Å². The molecule has 0 aliphatic carbocycles. The summed E-state index contributed by atoms with van der Waals surface area (Å²) >= 11 is 0. The van der Waals surface area contributed by atoms with Crippen LogP contribution in [-0.2, 0) is 4.74 Å². The summed E-state index contributed by atoms with van der Waals surface area (Å²) in [4.78, 5) is 13.9. The summed E-state index contributed by atoms with van der Waals surface area (Å²) in [6.07, 6.45) is 3.75. The van der Waals surface area contributed by atoms with Gasteiger partial charge in [0.1, 0.15) is 0 Å². The number of ether oxygens (including phenoxy) is 1. The summed E-state index contributed by atoms with van der Waals surface area (Å²) in [5, 5.41) is 3.32. The van der Waals surface area contributed by atoms with Crippen molar-refractivity contribution in [1.82, 2.24) is 4.90 Å². The van der Waals surface area contributed by atoms with E-state index in [-0.39, 0.29) is 5.97 Å². The number of hydrogen-bond acceptors (Lipinski definition) is 5. The van der Waals surface area contributed by atoms with Crippen molar-refractivity contribution in [3.8, 4) is 0 Å². The molecule has 110 valence electrons. The zero-order valence-corrected chi connectivity index (χ0v) is 12.0. The quantitative estimate of drug-likeness (QED) is 0.472. The molecular formula is C15H23N3O2. The first-order valence-electron chi connectivity index (χ1n) is 7.15. The van der Waals surface area contributed by atoms with E-state index in [1.807, 2.05) is 6.07 Å². The van der Waals surface area contributed by atoms with Gasteiger partial charge < -0.3 is 20.7 Å². The van der Waals surface area contributed by atoms with E-state index in [9.17, 15) is 4.79 Å². The highest BCUT2D eigenvalue weighted by Gasteiger charge is 2.11. The predicted octanol–water partition coefficient (Wildman–Crippen LogP) is 1.95. The molecule has 1 aliphatic rings. The van der Waals surface area contributed by atoms with Gasteiger partial charge in [-0.15, -0.1) is 0 Å². The zero-order valence-electron chi connectivity index (χ0n) is 12.0. The Balaban J connectivity index is 1.79. The Bertz CT molecular complexity index is 456. The molecule has 5 heteroatoms. The number of rotatable bonds is 6. The maximum Gasteiger partial charge on any atom is 0.337 e. The molecule has 1 aliphatic heterocycles. The number of methoxy groups -OCH3 is 1. The molecule has 0 bridgehead atoms. The number of anilines is 2. The van der Waals surface area contributed by atoms with Crippen molar-refractivity contribution in [2.24, 2.45) is 0 Å². The molecule has 3 N–H and O–H groups in total. The Hall–Kier alpha value is -1.75. The molecule has 1 fully saturated rings. The molecule has 0 radical (unpaired) electrons. The Morgan fingerprint density at radius 3 is 2.80 bits per heavy atom. The van der Waals surface area contributed by atoms with E-state index in [4.69, 9.17) is 5.73 Å². The molecule has 5 nitrogen and oxygen atoms in total. The van der Waals surface area contributed by atoms with Crippen LogP contribution in [0.15, 0.2) is 18.2 Å². The fourth-order valence-corrected chi connectivity index (χ4v) is 2.50. The van der Waals surface area contributed by atoms with Gasteiger partial charge in [0.05, 0.1) is 24.0 Å². The third-order valence-electron chi connectivity index (χ3n) is 3.64. The molecule has 2 rings (SSSR count). The van der Waals surface area contributed by atoms with E-state index in [1.165, 1.54) is 33.0 Å². The number of nitrogens with two attached hydrogens (primary N) is 1. The van der Waals surface area contributed by atoms with Gasteiger partial charge in [0.25, 0.3) is 0 Å². The van der Waals surface area contributed by atoms with Gasteiger partial charge in [0.2, 0.25) is 0 Å². The number of hydrogen-bond donors (Lipinski definition) is 2. The first-order valence-corrected chi connectivity index (χ1v) is 7.15. The SMILES string of the molecule is COC(=O)c1ccc(NCCCN2CCCC2)c(N)c1. The van der Waals surface area contributed by atoms with Crippen molar-refractivity contribution in [3.05, 3.63) is 23.8 Å². The fourth-order valence-electron chi connectivity index (χ4n) is 2.50. The highest BCUT2D eigenvalue weighted by molar-refractivity contribution is 5.91. The number of nitrogen functional groups attached to an aromatic ring is 1. The largest absolute Gasteiger partial charge is 0.465 e. The molecule has 0 aromatic heterocycles.